The fourth-order valence-corrected chi connectivity index (χ4v) is 6.73. The van der Waals surface area contributed by atoms with Crippen molar-refractivity contribution < 1.29 is 18.7 Å². The molecule has 1 saturated heterocycles. The summed E-state index contributed by atoms with van der Waals surface area (Å²) in [5.41, 5.74) is 3.11. The SMILES string of the molecule is Cc1cc(-n2nc3c(c2-n2ccn(-c4ccc5c(cnn5C)c4Cl)c2=O)[C@@H]2COC[C@H](C3)N2C(=O)OC(C)(C)C)cc(C)c1F. The zero-order valence-electron chi connectivity index (χ0n) is 25.8. The van der Waals surface area contributed by atoms with E-state index < -0.39 is 23.4 Å². The summed E-state index contributed by atoms with van der Waals surface area (Å²) in [7, 11) is 1.82. The number of ether oxygens (including phenoxy) is 2. The number of rotatable bonds is 3. The van der Waals surface area contributed by atoms with Gasteiger partial charge in [-0.2, -0.15) is 10.2 Å². The first kappa shape index (κ1) is 29.3. The van der Waals surface area contributed by atoms with Crippen LogP contribution in [0.25, 0.3) is 28.1 Å². The van der Waals surface area contributed by atoms with Crippen molar-refractivity contribution in [2.75, 3.05) is 13.2 Å². The maximum atomic E-state index is 14.8. The molecule has 2 aliphatic rings. The van der Waals surface area contributed by atoms with Gasteiger partial charge in [-0.3, -0.25) is 18.7 Å². The molecule has 1 amide bonds. The fourth-order valence-electron chi connectivity index (χ4n) is 6.43. The number of aromatic nitrogens is 6. The number of aryl methyl sites for hydroxylation is 3. The highest BCUT2D eigenvalue weighted by atomic mass is 35.5. The molecule has 0 N–H and O–H groups in total. The zero-order valence-corrected chi connectivity index (χ0v) is 26.6. The molecule has 3 aromatic heterocycles. The minimum atomic E-state index is -0.703. The van der Waals surface area contributed by atoms with Crippen LogP contribution < -0.4 is 5.69 Å². The Morgan fingerprint density at radius 3 is 2.53 bits per heavy atom. The van der Waals surface area contributed by atoms with Gasteiger partial charge in [0.15, 0.2) is 0 Å². The number of imidazole rings is 1. The molecule has 1 fully saturated rings. The minimum absolute atomic E-state index is 0.196. The van der Waals surface area contributed by atoms with Gasteiger partial charge in [-0.1, -0.05) is 11.6 Å². The third kappa shape index (κ3) is 4.66. The van der Waals surface area contributed by atoms with E-state index in [1.54, 1.807) is 64.9 Å². The fraction of sp³-hybridized carbons (Fsp3) is 0.375. The Morgan fingerprint density at radius 2 is 1.82 bits per heavy atom. The first-order valence-corrected chi connectivity index (χ1v) is 15.1. The van der Waals surface area contributed by atoms with Crippen LogP contribution in [0, 0.1) is 19.7 Å². The van der Waals surface area contributed by atoms with Gasteiger partial charge in [0.1, 0.15) is 17.2 Å². The molecule has 5 aromatic rings. The number of amides is 1. The highest BCUT2D eigenvalue weighted by Crippen LogP contribution is 2.41. The van der Waals surface area contributed by atoms with Gasteiger partial charge in [0, 0.05) is 36.8 Å². The van der Waals surface area contributed by atoms with Crippen molar-refractivity contribution in [1.82, 2.24) is 33.6 Å². The molecule has 0 saturated carbocycles. The van der Waals surface area contributed by atoms with E-state index in [9.17, 15) is 14.0 Å². The van der Waals surface area contributed by atoms with Gasteiger partial charge in [0.05, 0.1) is 59.1 Å². The summed E-state index contributed by atoms with van der Waals surface area (Å²) < 4.78 is 32.9. The Balaban J connectivity index is 1.45. The Hall–Kier alpha value is -4.42. The zero-order chi connectivity index (χ0) is 31.9. The first-order valence-electron chi connectivity index (χ1n) is 14.7. The number of hydrogen-bond acceptors (Lipinski definition) is 6. The monoisotopic (exact) mass is 633 g/mol. The van der Waals surface area contributed by atoms with E-state index in [2.05, 4.69) is 5.10 Å². The van der Waals surface area contributed by atoms with Gasteiger partial charge >= 0.3 is 11.8 Å². The molecule has 2 bridgehead atoms. The molecule has 0 unspecified atom stereocenters. The van der Waals surface area contributed by atoms with Crippen molar-refractivity contribution in [3.8, 4) is 17.2 Å². The summed E-state index contributed by atoms with van der Waals surface area (Å²) in [6.45, 7) is 9.39. The molecule has 2 atom stereocenters. The number of morpholine rings is 1. The number of fused-ring (bicyclic) bond motifs is 5. The van der Waals surface area contributed by atoms with Crippen LogP contribution in [-0.2, 0) is 22.9 Å². The molecule has 0 radical (unpaired) electrons. The molecule has 7 rings (SSSR count). The lowest BCUT2D eigenvalue weighted by Crippen LogP contribution is -2.55. The highest BCUT2D eigenvalue weighted by Gasteiger charge is 2.46. The Kier molecular flexibility index (Phi) is 6.71. The highest BCUT2D eigenvalue weighted by molar-refractivity contribution is 6.37. The van der Waals surface area contributed by atoms with Crippen LogP contribution in [0.5, 0.6) is 0 Å². The predicted molar refractivity (Wildman–Crippen MR) is 166 cm³/mol. The third-order valence-electron chi connectivity index (χ3n) is 8.43. The molecule has 5 heterocycles. The van der Waals surface area contributed by atoms with Gasteiger partial charge in [-0.15, -0.1) is 0 Å². The smallest absolute Gasteiger partial charge is 0.411 e. The van der Waals surface area contributed by atoms with Crippen LogP contribution in [0.4, 0.5) is 9.18 Å². The Morgan fingerprint density at radius 1 is 1.11 bits per heavy atom. The first-order chi connectivity index (χ1) is 21.3. The summed E-state index contributed by atoms with van der Waals surface area (Å²) in [6, 6.07) is 6.18. The number of hydrogen-bond donors (Lipinski definition) is 0. The van der Waals surface area contributed by atoms with Crippen molar-refractivity contribution in [3.05, 3.63) is 86.6 Å². The van der Waals surface area contributed by atoms with Gasteiger partial charge < -0.3 is 9.47 Å². The number of nitrogens with zero attached hydrogens (tertiary/aromatic N) is 7. The summed E-state index contributed by atoms with van der Waals surface area (Å²) >= 11 is 6.81. The maximum absolute atomic E-state index is 14.8. The van der Waals surface area contributed by atoms with Crippen LogP contribution in [0.15, 0.2) is 47.7 Å². The van der Waals surface area contributed by atoms with Crippen molar-refractivity contribution in [3.63, 3.8) is 0 Å². The topological polar surface area (TPSA) is 101 Å². The quantitative estimate of drug-likeness (QED) is 0.266. The van der Waals surface area contributed by atoms with E-state index >= 15 is 0 Å². The second kappa shape index (κ2) is 10.3. The average Bonchev–Trinajstić information content (AvgIpc) is 3.65. The van der Waals surface area contributed by atoms with E-state index in [0.29, 0.717) is 51.9 Å². The number of carbonyl (C=O) groups excluding carboxylic acids is 1. The molecule has 0 aliphatic carbocycles. The lowest BCUT2D eigenvalue weighted by atomic mass is 9.92. The molecule has 0 spiro atoms. The second-order valence-corrected chi connectivity index (χ2v) is 13.1. The largest absolute Gasteiger partial charge is 0.444 e. The van der Waals surface area contributed by atoms with Crippen molar-refractivity contribution in [1.29, 1.82) is 0 Å². The Labute approximate surface area is 263 Å². The van der Waals surface area contributed by atoms with Crippen LogP contribution >= 0.6 is 11.6 Å². The maximum Gasteiger partial charge on any atom is 0.411 e. The summed E-state index contributed by atoms with van der Waals surface area (Å²) in [5.74, 6) is 0.126. The van der Waals surface area contributed by atoms with E-state index in [0.717, 1.165) is 16.6 Å². The van der Waals surface area contributed by atoms with Gasteiger partial charge in [-0.05, 0) is 70.0 Å². The number of carbonyl (C=O) groups is 1. The van der Waals surface area contributed by atoms with Crippen LogP contribution in [0.2, 0.25) is 5.02 Å². The lowest BCUT2D eigenvalue weighted by Gasteiger charge is -2.45. The van der Waals surface area contributed by atoms with Crippen LogP contribution in [0.3, 0.4) is 0 Å². The minimum Gasteiger partial charge on any atom is -0.444 e. The average molecular weight is 634 g/mol. The third-order valence-corrected chi connectivity index (χ3v) is 8.83. The molecular formula is C32H33ClFN7O4. The van der Waals surface area contributed by atoms with E-state index in [1.807, 2.05) is 33.9 Å². The molecule has 11 nitrogen and oxygen atoms in total. The summed E-state index contributed by atoms with van der Waals surface area (Å²) in [5, 5.41) is 10.4. The molecule has 2 aliphatic heterocycles. The number of halogens is 2. The van der Waals surface area contributed by atoms with Gasteiger partial charge in [0.2, 0.25) is 0 Å². The van der Waals surface area contributed by atoms with Crippen LogP contribution in [-0.4, -0.2) is 64.5 Å². The van der Waals surface area contributed by atoms with Crippen molar-refractivity contribution in [2.24, 2.45) is 7.05 Å². The number of benzene rings is 2. The van der Waals surface area contributed by atoms with Gasteiger partial charge in [-0.25, -0.2) is 18.7 Å². The van der Waals surface area contributed by atoms with Crippen molar-refractivity contribution >= 4 is 28.6 Å². The predicted octanol–water partition coefficient (Wildman–Crippen LogP) is 5.34. The molecular weight excluding hydrogens is 601 g/mol. The summed E-state index contributed by atoms with van der Waals surface area (Å²) in [4.78, 5) is 29.6. The van der Waals surface area contributed by atoms with E-state index in [4.69, 9.17) is 26.2 Å². The van der Waals surface area contributed by atoms with Gasteiger partial charge in [0.25, 0.3) is 0 Å². The molecule has 234 valence electrons. The standard InChI is InChI=1S/C32H33ClFN7O4/c1-17-11-19(12-18(2)28(17)34)41-29(26-22(36-41)13-20-15-44-16-25(26)40(20)31(43)45-32(3,4)5)39-10-9-38(30(39)42)24-8-7-23-21(27(24)33)14-35-37(23)6/h7-12,14,20,25H,13,15-16H2,1-6H3/t20-,25-/m0/s1. The Bertz CT molecular complexity index is 2040. The van der Waals surface area contributed by atoms with Crippen LogP contribution in [0.1, 0.15) is 49.2 Å². The van der Waals surface area contributed by atoms with Crippen molar-refractivity contribution in [2.45, 2.75) is 58.7 Å². The molecule has 2 aromatic carbocycles. The second-order valence-electron chi connectivity index (χ2n) is 12.7. The van der Waals surface area contributed by atoms with E-state index in [-0.39, 0.29) is 18.5 Å². The summed E-state index contributed by atoms with van der Waals surface area (Å²) in [6.07, 6.45) is 4.89. The van der Waals surface area contributed by atoms with E-state index in [1.165, 1.54) is 9.13 Å². The molecule has 45 heavy (non-hydrogen) atoms. The molecule has 13 heteroatoms. The normalized spacial score (nSPS) is 18.0. The lowest BCUT2D eigenvalue weighted by molar-refractivity contribution is -0.0675.